The summed E-state index contributed by atoms with van der Waals surface area (Å²) in [7, 11) is 0. The summed E-state index contributed by atoms with van der Waals surface area (Å²) in [6.45, 7) is 5.26. The summed E-state index contributed by atoms with van der Waals surface area (Å²) in [5.41, 5.74) is 1.38. The molecule has 7 heteroatoms. The Balaban J connectivity index is 0.00000161. The maximum atomic E-state index is 12.3. The van der Waals surface area contributed by atoms with E-state index in [4.69, 9.17) is 9.47 Å². The smallest absolute Gasteiger partial charge is 0.251 e. The molecule has 0 aromatic carbocycles. The molecule has 116 valence electrons. The Morgan fingerprint density at radius 2 is 1.33 bits per heavy atom. The first kappa shape index (κ1) is 15.7. The van der Waals surface area contributed by atoms with Crippen LogP contribution in [-0.4, -0.2) is 74.0 Å². The fourth-order valence-corrected chi connectivity index (χ4v) is 2.69. The van der Waals surface area contributed by atoms with Crippen LogP contribution in [0.2, 0.25) is 0 Å². The van der Waals surface area contributed by atoms with E-state index < -0.39 is 11.6 Å². The van der Waals surface area contributed by atoms with Crippen LogP contribution < -0.4 is 6.15 Å². The molecule has 0 atom stereocenters. The summed E-state index contributed by atoms with van der Waals surface area (Å²) in [6, 6.07) is 0. The summed E-state index contributed by atoms with van der Waals surface area (Å²) in [6.07, 6.45) is 3.14. The van der Waals surface area contributed by atoms with Crippen LogP contribution in [0, 0.1) is 0 Å². The van der Waals surface area contributed by atoms with Crippen LogP contribution in [0.5, 0.6) is 0 Å². The molecule has 0 amide bonds. The standard InChI is InChI=1S/C14H18N2O4.H3N/c17-12-2-1-11(15-3-7-19-8-4-15)13(14(12)18)16-5-9-20-10-6-16;/h1-2H,3-10H2;1H3. The highest BCUT2D eigenvalue weighted by atomic mass is 16.5. The normalized spacial score (nSPS) is 23.4. The molecule has 3 aliphatic rings. The Morgan fingerprint density at radius 3 is 1.90 bits per heavy atom. The molecule has 0 saturated carbocycles. The summed E-state index contributed by atoms with van der Waals surface area (Å²) < 4.78 is 10.7. The van der Waals surface area contributed by atoms with Crippen molar-refractivity contribution in [1.29, 1.82) is 0 Å². The Morgan fingerprint density at radius 1 is 0.810 bits per heavy atom. The molecule has 3 N–H and O–H groups in total. The molecule has 2 fully saturated rings. The summed E-state index contributed by atoms with van der Waals surface area (Å²) in [4.78, 5) is 28.1. The number of carbonyl (C=O) groups excluding carboxylic acids is 2. The highest BCUT2D eigenvalue weighted by molar-refractivity contribution is 6.48. The number of allylic oxidation sites excluding steroid dienone is 3. The molecule has 2 heterocycles. The number of nitrogens with zero attached hydrogens (tertiary/aromatic N) is 2. The molecule has 1 aliphatic carbocycles. The van der Waals surface area contributed by atoms with Gasteiger partial charge in [-0.2, -0.15) is 0 Å². The van der Waals surface area contributed by atoms with Crippen molar-refractivity contribution in [3.63, 3.8) is 0 Å². The van der Waals surface area contributed by atoms with Gasteiger partial charge in [0.1, 0.15) is 5.70 Å². The van der Waals surface area contributed by atoms with E-state index in [0.717, 1.165) is 18.8 Å². The van der Waals surface area contributed by atoms with Crippen LogP contribution in [0.25, 0.3) is 0 Å². The summed E-state index contributed by atoms with van der Waals surface area (Å²) >= 11 is 0. The molecular weight excluding hydrogens is 274 g/mol. The van der Waals surface area contributed by atoms with Crippen molar-refractivity contribution < 1.29 is 19.1 Å². The van der Waals surface area contributed by atoms with Gasteiger partial charge in [-0.3, -0.25) is 9.59 Å². The van der Waals surface area contributed by atoms with Gasteiger partial charge in [-0.25, -0.2) is 0 Å². The van der Waals surface area contributed by atoms with E-state index in [1.165, 1.54) is 6.08 Å². The van der Waals surface area contributed by atoms with Crippen LogP contribution in [0.1, 0.15) is 0 Å². The lowest BCUT2D eigenvalue weighted by Crippen LogP contribution is -2.44. The van der Waals surface area contributed by atoms with Gasteiger partial charge in [0.15, 0.2) is 0 Å². The number of hydrogen-bond donors (Lipinski definition) is 1. The van der Waals surface area contributed by atoms with Gasteiger partial charge in [0.25, 0.3) is 5.78 Å². The van der Waals surface area contributed by atoms with Gasteiger partial charge < -0.3 is 25.4 Å². The third kappa shape index (κ3) is 3.15. The molecule has 0 aromatic heterocycles. The summed E-state index contributed by atoms with van der Waals surface area (Å²) in [5, 5.41) is 0. The molecule has 0 unspecified atom stereocenters. The first-order valence-electron chi connectivity index (χ1n) is 6.94. The lowest BCUT2D eigenvalue weighted by molar-refractivity contribution is -0.133. The highest BCUT2D eigenvalue weighted by Gasteiger charge is 2.32. The second-order valence-corrected chi connectivity index (χ2v) is 4.96. The molecular formula is C14H21N3O4. The van der Waals surface area contributed by atoms with Gasteiger partial charge in [0, 0.05) is 26.2 Å². The minimum absolute atomic E-state index is 0. The molecule has 0 aromatic rings. The predicted molar refractivity (Wildman–Crippen MR) is 76.0 cm³/mol. The zero-order chi connectivity index (χ0) is 13.9. The lowest BCUT2D eigenvalue weighted by Gasteiger charge is -2.37. The first-order valence-corrected chi connectivity index (χ1v) is 6.94. The molecule has 0 radical (unpaired) electrons. The van der Waals surface area contributed by atoms with Gasteiger partial charge in [-0.05, 0) is 12.2 Å². The molecule has 21 heavy (non-hydrogen) atoms. The zero-order valence-corrected chi connectivity index (χ0v) is 12.0. The number of rotatable bonds is 2. The minimum atomic E-state index is -0.441. The van der Waals surface area contributed by atoms with Gasteiger partial charge in [-0.1, -0.05) is 0 Å². The molecule has 0 spiro atoms. The maximum absolute atomic E-state index is 12.3. The Bertz CT molecular complexity index is 475. The average molecular weight is 295 g/mol. The van der Waals surface area contributed by atoms with Crippen LogP contribution in [-0.2, 0) is 19.1 Å². The van der Waals surface area contributed by atoms with Crippen molar-refractivity contribution in [2.24, 2.45) is 0 Å². The van der Waals surface area contributed by atoms with E-state index in [0.29, 0.717) is 45.2 Å². The van der Waals surface area contributed by atoms with Crippen molar-refractivity contribution in [3.05, 3.63) is 23.5 Å². The second kappa shape index (κ2) is 6.84. The van der Waals surface area contributed by atoms with Gasteiger partial charge >= 0.3 is 0 Å². The average Bonchev–Trinajstić information content (AvgIpc) is 2.51. The van der Waals surface area contributed by atoms with Crippen molar-refractivity contribution in [2.75, 3.05) is 52.6 Å². The third-order valence-electron chi connectivity index (χ3n) is 3.75. The van der Waals surface area contributed by atoms with E-state index >= 15 is 0 Å². The number of hydrogen-bond acceptors (Lipinski definition) is 7. The number of Topliss-reactive ketones (excluding diaryl/α,β-unsaturated/α-hetero) is 1. The van der Waals surface area contributed by atoms with Crippen molar-refractivity contribution >= 4 is 11.6 Å². The molecule has 7 nitrogen and oxygen atoms in total. The highest BCUT2D eigenvalue weighted by Crippen LogP contribution is 2.23. The molecule has 0 bridgehead atoms. The molecule has 2 saturated heterocycles. The molecule has 2 aliphatic heterocycles. The van der Waals surface area contributed by atoms with Crippen LogP contribution in [0.3, 0.4) is 0 Å². The van der Waals surface area contributed by atoms with Gasteiger partial charge in [-0.15, -0.1) is 0 Å². The van der Waals surface area contributed by atoms with Crippen LogP contribution in [0.4, 0.5) is 0 Å². The van der Waals surface area contributed by atoms with E-state index in [9.17, 15) is 9.59 Å². The maximum Gasteiger partial charge on any atom is 0.251 e. The Kier molecular flexibility index (Phi) is 5.11. The number of carbonyl (C=O) groups is 2. The second-order valence-electron chi connectivity index (χ2n) is 4.96. The van der Waals surface area contributed by atoms with Crippen LogP contribution in [0.15, 0.2) is 23.5 Å². The van der Waals surface area contributed by atoms with Crippen molar-refractivity contribution in [3.8, 4) is 0 Å². The quantitative estimate of drug-likeness (QED) is 0.553. The Hall–Kier alpha value is -1.70. The third-order valence-corrected chi connectivity index (χ3v) is 3.75. The monoisotopic (exact) mass is 295 g/mol. The fourth-order valence-electron chi connectivity index (χ4n) is 2.69. The van der Waals surface area contributed by atoms with Crippen molar-refractivity contribution in [1.82, 2.24) is 16.0 Å². The topological polar surface area (TPSA) is 94.1 Å². The van der Waals surface area contributed by atoms with E-state index in [-0.39, 0.29) is 6.15 Å². The van der Waals surface area contributed by atoms with Crippen molar-refractivity contribution in [2.45, 2.75) is 0 Å². The predicted octanol–water partition coefficient (Wildman–Crippen LogP) is -0.268. The largest absolute Gasteiger partial charge is 0.378 e. The fraction of sp³-hybridized carbons (Fsp3) is 0.571. The van der Waals surface area contributed by atoms with Gasteiger partial charge in [0.05, 0.1) is 32.1 Å². The number of morpholine rings is 2. The minimum Gasteiger partial charge on any atom is -0.378 e. The van der Waals surface area contributed by atoms with Gasteiger partial charge in [0.2, 0.25) is 5.78 Å². The Labute approximate surface area is 123 Å². The number of ketones is 2. The molecule has 3 rings (SSSR count). The van der Waals surface area contributed by atoms with Crippen LogP contribution >= 0.6 is 0 Å². The first-order chi connectivity index (χ1) is 9.77. The lowest BCUT2D eigenvalue weighted by atomic mass is 10.0. The van der Waals surface area contributed by atoms with E-state index in [1.807, 2.05) is 4.90 Å². The zero-order valence-electron chi connectivity index (χ0n) is 12.0. The SMILES string of the molecule is N.O=C1C=CC(N2CCOCC2)=C(N2CCOCC2)C1=O. The van der Waals surface area contributed by atoms with E-state index in [2.05, 4.69) is 4.90 Å². The summed E-state index contributed by atoms with van der Waals surface area (Å²) in [5.74, 6) is -0.848. The number of ether oxygens (including phenoxy) is 2. The van der Waals surface area contributed by atoms with E-state index in [1.54, 1.807) is 6.08 Å².